The van der Waals surface area contributed by atoms with E-state index >= 15 is 0 Å². The van der Waals surface area contributed by atoms with E-state index in [-0.39, 0.29) is 0 Å². The summed E-state index contributed by atoms with van der Waals surface area (Å²) < 4.78 is 0. The van der Waals surface area contributed by atoms with Crippen molar-refractivity contribution in [3.8, 4) is 12.3 Å². The van der Waals surface area contributed by atoms with Crippen molar-refractivity contribution >= 4 is 0 Å². The van der Waals surface area contributed by atoms with Gasteiger partial charge in [-0.15, -0.1) is 6.42 Å². The first-order valence-corrected chi connectivity index (χ1v) is 9.68. The van der Waals surface area contributed by atoms with Crippen molar-refractivity contribution < 1.29 is 0 Å². The van der Waals surface area contributed by atoms with Crippen LogP contribution < -0.4 is 0 Å². The van der Waals surface area contributed by atoms with Gasteiger partial charge in [-0.05, 0) is 44.6 Å². The van der Waals surface area contributed by atoms with E-state index in [0.717, 1.165) is 6.42 Å². The zero-order valence-electron chi connectivity index (χ0n) is 15.0. The molecule has 0 atom stereocenters. The lowest BCUT2D eigenvalue weighted by Crippen LogP contribution is -1.81. The van der Waals surface area contributed by atoms with Crippen LogP contribution in [0.1, 0.15) is 103 Å². The molecule has 0 N–H and O–H groups in total. The highest BCUT2D eigenvalue weighted by atomic mass is 14.0. The predicted octanol–water partition coefficient (Wildman–Crippen LogP) is 7.60. The highest BCUT2D eigenvalue weighted by molar-refractivity contribution is 5.08. The first-order valence-electron chi connectivity index (χ1n) is 9.68. The predicted molar refractivity (Wildman–Crippen MR) is 102 cm³/mol. The molecule has 0 fully saturated rings. The Morgan fingerprint density at radius 2 is 1.00 bits per heavy atom. The summed E-state index contributed by atoms with van der Waals surface area (Å²) in [6.07, 6.45) is 34.2. The topological polar surface area (TPSA) is 0 Å². The Kier molecular flexibility index (Phi) is 19.2. The van der Waals surface area contributed by atoms with Crippen LogP contribution in [0.3, 0.4) is 0 Å². The Bertz CT molecular complexity index is 290. The summed E-state index contributed by atoms with van der Waals surface area (Å²) in [6.45, 7) is 2.27. The van der Waals surface area contributed by atoms with Gasteiger partial charge in [0.1, 0.15) is 0 Å². The fourth-order valence-electron chi connectivity index (χ4n) is 2.66. The van der Waals surface area contributed by atoms with Gasteiger partial charge in [0.15, 0.2) is 0 Å². The zero-order chi connectivity index (χ0) is 16.1. The molecule has 0 aliphatic carbocycles. The summed E-state index contributed by atoms with van der Waals surface area (Å²) in [5.74, 6) is 2.54. The SMILES string of the molecule is C#C/C=C/CCCCCCCCCCC=CCCCCCC. The summed E-state index contributed by atoms with van der Waals surface area (Å²) in [6, 6.07) is 0. The minimum absolute atomic E-state index is 1.15. The van der Waals surface area contributed by atoms with Crippen LogP contribution in [0.25, 0.3) is 0 Å². The molecule has 0 heteroatoms. The van der Waals surface area contributed by atoms with Gasteiger partial charge in [0.05, 0.1) is 0 Å². The third kappa shape index (κ3) is 19.0. The quantitative estimate of drug-likeness (QED) is 0.156. The number of unbranched alkanes of at least 4 members (excludes halogenated alkanes) is 13. The fraction of sp³-hybridized carbons (Fsp3) is 0.727. The Morgan fingerprint density at radius 3 is 1.45 bits per heavy atom. The van der Waals surface area contributed by atoms with E-state index in [1.54, 1.807) is 0 Å². The summed E-state index contributed by atoms with van der Waals surface area (Å²) in [4.78, 5) is 0. The lowest BCUT2D eigenvalue weighted by molar-refractivity contribution is 0.571. The molecule has 0 nitrogen and oxygen atoms in total. The normalized spacial score (nSPS) is 11.5. The van der Waals surface area contributed by atoms with E-state index in [2.05, 4.69) is 31.1 Å². The van der Waals surface area contributed by atoms with Crippen LogP contribution in [0, 0.1) is 12.3 Å². The standard InChI is InChI=1S/C22H38/c1-3-5-7-9-11-13-15-17-19-21-22-20-18-16-14-12-10-8-6-4-2/h1,5,7,14,16H,4,6,8-13,15,17-22H2,2H3/b7-5+,16-14?. The van der Waals surface area contributed by atoms with Crippen molar-refractivity contribution in [2.24, 2.45) is 0 Å². The van der Waals surface area contributed by atoms with E-state index in [0.29, 0.717) is 0 Å². The number of rotatable bonds is 16. The number of hydrogen-bond acceptors (Lipinski definition) is 0. The van der Waals surface area contributed by atoms with Crippen LogP contribution in [0.15, 0.2) is 24.3 Å². The molecule has 0 aliphatic rings. The van der Waals surface area contributed by atoms with E-state index in [4.69, 9.17) is 6.42 Å². The monoisotopic (exact) mass is 302 g/mol. The Labute approximate surface area is 140 Å². The molecule has 0 aromatic heterocycles. The molecule has 22 heavy (non-hydrogen) atoms. The largest absolute Gasteiger partial charge is 0.115 e. The third-order valence-electron chi connectivity index (χ3n) is 4.10. The van der Waals surface area contributed by atoms with Gasteiger partial charge in [0.25, 0.3) is 0 Å². The van der Waals surface area contributed by atoms with Crippen LogP contribution in [0.5, 0.6) is 0 Å². The van der Waals surface area contributed by atoms with Crippen molar-refractivity contribution in [1.29, 1.82) is 0 Å². The van der Waals surface area contributed by atoms with Gasteiger partial charge in [-0.3, -0.25) is 0 Å². The van der Waals surface area contributed by atoms with Gasteiger partial charge in [-0.25, -0.2) is 0 Å². The highest BCUT2D eigenvalue weighted by Gasteiger charge is 1.91. The Hall–Kier alpha value is -0.960. The fourth-order valence-corrected chi connectivity index (χ4v) is 2.66. The van der Waals surface area contributed by atoms with Crippen molar-refractivity contribution in [2.75, 3.05) is 0 Å². The molecular formula is C22H38. The van der Waals surface area contributed by atoms with Gasteiger partial charge < -0.3 is 0 Å². The van der Waals surface area contributed by atoms with Crippen LogP contribution in [-0.2, 0) is 0 Å². The van der Waals surface area contributed by atoms with Crippen LogP contribution in [-0.4, -0.2) is 0 Å². The third-order valence-corrected chi connectivity index (χ3v) is 4.10. The number of hydrogen-bond donors (Lipinski definition) is 0. The van der Waals surface area contributed by atoms with E-state index in [9.17, 15) is 0 Å². The molecule has 0 radical (unpaired) electrons. The average molecular weight is 303 g/mol. The minimum Gasteiger partial charge on any atom is -0.115 e. The summed E-state index contributed by atoms with van der Waals surface area (Å²) >= 11 is 0. The maximum atomic E-state index is 5.16. The van der Waals surface area contributed by atoms with Crippen LogP contribution in [0.2, 0.25) is 0 Å². The van der Waals surface area contributed by atoms with E-state index < -0.39 is 0 Å². The maximum Gasteiger partial charge on any atom is -0.0162 e. The zero-order valence-corrected chi connectivity index (χ0v) is 15.0. The molecule has 126 valence electrons. The van der Waals surface area contributed by atoms with Crippen molar-refractivity contribution in [1.82, 2.24) is 0 Å². The average Bonchev–Trinajstić information content (AvgIpc) is 2.54. The second kappa shape index (κ2) is 20.0. The Morgan fingerprint density at radius 1 is 0.591 bits per heavy atom. The molecule has 0 amide bonds. The summed E-state index contributed by atoms with van der Waals surface area (Å²) in [5.41, 5.74) is 0. The molecule has 0 heterocycles. The molecule has 0 saturated carbocycles. The lowest BCUT2D eigenvalue weighted by Gasteiger charge is -2.00. The second-order valence-corrected chi connectivity index (χ2v) is 6.30. The first-order chi connectivity index (χ1) is 10.9. The van der Waals surface area contributed by atoms with Gasteiger partial charge in [0.2, 0.25) is 0 Å². The molecule has 0 aromatic carbocycles. The first kappa shape index (κ1) is 21.0. The molecular weight excluding hydrogens is 264 g/mol. The van der Waals surface area contributed by atoms with E-state index in [1.165, 1.54) is 89.9 Å². The molecule has 0 bridgehead atoms. The van der Waals surface area contributed by atoms with Crippen molar-refractivity contribution in [3.05, 3.63) is 24.3 Å². The van der Waals surface area contributed by atoms with Crippen LogP contribution >= 0.6 is 0 Å². The van der Waals surface area contributed by atoms with Gasteiger partial charge in [-0.2, -0.15) is 0 Å². The second-order valence-electron chi connectivity index (χ2n) is 6.30. The molecule has 0 saturated heterocycles. The molecule has 0 unspecified atom stereocenters. The van der Waals surface area contributed by atoms with Crippen molar-refractivity contribution in [3.63, 3.8) is 0 Å². The van der Waals surface area contributed by atoms with Crippen LogP contribution in [0.4, 0.5) is 0 Å². The number of terminal acetylenes is 1. The molecule has 0 spiro atoms. The lowest BCUT2D eigenvalue weighted by atomic mass is 10.1. The minimum atomic E-state index is 1.15. The summed E-state index contributed by atoms with van der Waals surface area (Å²) in [7, 11) is 0. The molecule has 0 aromatic rings. The maximum absolute atomic E-state index is 5.16. The van der Waals surface area contributed by atoms with Gasteiger partial charge in [-0.1, -0.05) is 88.9 Å². The number of allylic oxidation sites excluding steroid dienone is 4. The Balaban J connectivity index is 3.06. The van der Waals surface area contributed by atoms with Crippen molar-refractivity contribution in [2.45, 2.75) is 103 Å². The van der Waals surface area contributed by atoms with Gasteiger partial charge >= 0.3 is 0 Å². The molecule has 0 rings (SSSR count). The van der Waals surface area contributed by atoms with Gasteiger partial charge in [0, 0.05) is 0 Å². The smallest absolute Gasteiger partial charge is 0.0162 e. The highest BCUT2D eigenvalue weighted by Crippen LogP contribution is 2.11. The molecule has 0 aliphatic heterocycles. The summed E-state index contributed by atoms with van der Waals surface area (Å²) in [5, 5.41) is 0. The van der Waals surface area contributed by atoms with E-state index in [1.807, 2.05) is 6.08 Å².